The maximum atomic E-state index is 12.1. The number of thioether (sulfide) groups is 2. The number of hydrogen-bond acceptors (Lipinski definition) is 8. The van der Waals surface area contributed by atoms with E-state index in [9.17, 15) is 4.79 Å². The molecule has 1 aromatic carbocycles. The van der Waals surface area contributed by atoms with Crippen LogP contribution in [0, 0.1) is 17.6 Å². The highest BCUT2D eigenvalue weighted by Crippen LogP contribution is 2.26. The predicted molar refractivity (Wildman–Crippen MR) is 101 cm³/mol. The molecule has 1 heterocycles. The van der Waals surface area contributed by atoms with Gasteiger partial charge in [-0.15, -0.1) is 10.2 Å². The normalized spacial score (nSPS) is 10.2. The first kappa shape index (κ1) is 18.6. The minimum Gasteiger partial charge on any atom is -0.360 e. The van der Waals surface area contributed by atoms with Gasteiger partial charge in [0.15, 0.2) is 4.34 Å². The lowest BCUT2D eigenvalue weighted by atomic mass is 10.2. The van der Waals surface area contributed by atoms with Gasteiger partial charge in [-0.2, -0.15) is 5.26 Å². The van der Waals surface area contributed by atoms with Gasteiger partial charge in [-0.25, -0.2) is 0 Å². The molecule has 1 aromatic heterocycles. The Labute approximate surface area is 153 Å². The second-order valence-electron chi connectivity index (χ2n) is 4.81. The highest BCUT2D eigenvalue weighted by atomic mass is 32.2. The summed E-state index contributed by atoms with van der Waals surface area (Å²) in [6, 6.07) is 5.52. The van der Waals surface area contributed by atoms with Crippen molar-refractivity contribution in [3.63, 3.8) is 0 Å². The first-order chi connectivity index (χ1) is 11.6. The molecule has 0 saturated heterocycles. The van der Waals surface area contributed by atoms with Crippen LogP contribution in [0.25, 0.3) is 0 Å². The summed E-state index contributed by atoms with van der Waals surface area (Å²) in [6.07, 6.45) is 1.02. The first-order valence-electron chi connectivity index (χ1n) is 7.29. The summed E-state index contributed by atoms with van der Waals surface area (Å²) in [6.45, 7) is 4.85. The molecule has 0 spiro atoms. The van der Waals surface area contributed by atoms with Crippen molar-refractivity contribution in [2.24, 2.45) is 0 Å². The van der Waals surface area contributed by atoms with Gasteiger partial charge in [0.2, 0.25) is 11.0 Å². The van der Waals surface area contributed by atoms with Gasteiger partial charge in [-0.3, -0.25) is 4.79 Å². The fourth-order valence-corrected chi connectivity index (χ4v) is 3.83. The van der Waals surface area contributed by atoms with Crippen LogP contribution in [0.4, 0.5) is 10.8 Å². The summed E-state index contributed by atoms with van der Waals surface area (Å²) in [7, 11) is 0. The number of nitriles is 1. The monoisotopic (exact) mass is 379 g/mol. The van der Waals surface area contributed by atoms with Crippen LogP contribution in [0.3, 0.4) is 0 Å². The molecule has 2 N–H and O–H groups in total. The molecule has 2 aromatic rings. The second-order valence-corrected chi connectivity index (χ2v) is 7.86. The van der Waals surface area contributed by atoms with Crippen molar-refractivity contribution < 1.29 is 4.79 Å². The Bertz CT molecular complexity index is 741. The summed E-state index contributed by atoms with van der Waals surface area (Å²) >= 11 is 3.91. The lowest BCUT2D eigenvalue weighted by Crippen LogP contribution is -2.14. The average Bonchev–Trinajstić information content (AvgIpc) is 3.02. The van der Waals surface area contributed by atoms with Crippen molar-refractivity contribution in [1.82, 2.24) is 10.2 Å². The smallest absolute Gasteiger partial charge is 0.234 e. The van der Waals surface area contributed by atoms with E-state index in [1.807, 2.05) is 30.5 Å². The van der Waals surface area contributed by atoms with E-state index in [0.29, 0.717) is 0 Å². The quantitative estimate of drug-likeness (QED) is 0.529. The highest BCUT2D eigenvalue weighted by Gasteiger charge is 2.09. The van der Waals surface area contributed by atoms with Crippen molar-refractivity contribution in [1.29, 1.82) is 5.26 Å². The molecule has 6 nitrogen and oxygen atoms in total. The summed E-state index contributed by atoms with van der Waals surface area (Å²) in [5, 5.41) is 25.6. The second kappa shape index (κ2) is 9.52. The maximum absolute atomic E-state index is 12.1. The Morgan fingerprint density at radius 1 is 1.42 bits per heavy atom. The molecule has 0 unspecified atom stereocenters. The lowest BCUT2D eigenvalue weighted by molar-refractivity contribution is -0.113. The lowest BCUT2D eigenvalue weighted by Gasteiger charge is -2.08. The van der Waals surface area contributed by atoms with Gasteiger partial charge in [0.1, 0.15) is 5.40 Å². The molecule has 2 rings (SSSR count). The zero-order valence-corrected chi connectivity index (χ0v) is 15.8. The average molecular weight is 380 g/mol. The molecule has 0 atom stereocenters. The van der Waals surface area contributed by atoms with E-state index < -0.39 is 0 Å². The van der Waals surface area contributed by atoms with Gasteiger partial charge in [0.25, 0.3) is 0 Å². The van der Waals surface area contributed by atoms with E-state index in [-0.39, 0.29) is 11.7 Å². The number of hydrogen-bond donors (Lipinski definition) is 2. The molecule has 0 bridgehead atoms. The van der Waals surface area contributed by atoms with Crippen LogP contribution in [-0.4, -0.2) is 28.4 Å². The number of benzene rings is 1. The van der Waals surface area contributed by atoms with Crippen LogP contribution in [0.15, 0.2) is 27.4 Å². The number of amides is 1. The third-order valence-corrected chi connectivity index (χ3v) is 5.49. The minimum atomic E-state index is -0.0953. The Morgan fingerprint density at radius 2 is 2.25 bits per heavy atom. The van der Waals surface area contributed by atoms with E-state index in [4.69, 9.17) is 5.26 Å². The van der Waals surface area contributed by atoms with E-state index in [1.165, 1.54) is 23.1 Å². The van der Waals surface area contributed by atoms with Crippen molar-refractivity contribution >= 4 is 51.6 Å². The Hall–Kier alpha value is -1.76. The van der Waals surface area contributed by atoms with Crippen LogP contribution in [0.1, 0.15) is 18.9 Å². The first-order valence-corrected chi connectivity index (χ1v) is 9.91. The number of rotatable bonds is 8. The number of carbonyl (C=O) groups excluding carboxylic acids is 1. The molecule has 126 valence electrons. The molecule has 0 fully saturated rings. The third-order valence-electron chi connectivity index (χ3n) is 2.89. The van der Waals surface area contributed by atoms with Gasteiger partial charge in [-0.1, -0.05) is 30.0 Å². The van der Waals surface area contributed by atoms with E-state index in [1.54, 1.807) is 0 Å². The van der Waals surface area contributed by atoms with Crippen LogP contribution in [0.5, 0.6) is 0 Å². The van der Waals surface area contributed by atoms with Crippen molar-refractivity contribution in [3.8, 4) is 5.40 Å². The van der Waals surface area contributed by atoms with Crippen molar-refractivity contribution in [2.45, 2.75) is 29.5 Å². The zero-order chi connectivity index (χ0) is 17.4. The van der Waals surface area contributed by atoms with E-state index >= 15 is 0 Å². The number of anilines is 2. The third kappa shape index (κ3) is 5.70. The summed E-state index contributed by atoms with van der Waals surface area (Å²) < 4.78 is 0.765. The van der Waals surface area contributed by atoms with Crippen LogP contribution in [-0.2, 0) is 4.79 Å². The van der Waals surface area contributed by atoms with Crippen molar-refractivity contribution in [3.05, 3.63) is 23.8 Å². The molecule has 0 aliphatic rings. The molecule has 24 heavy (non-hydrogen) atoms. The zero-order valence-electron chi connectivity index (χ0n) is 13.3. The standard InChI is InChI=1S/C15H17N5OS3/c1-3-6-17-14-19-20-15(24-14)22-8-13(21)18-12-5-4-11(23-9-16)7-10(12)2/h4-5,7H,3,6,8H2,1-2H3,(H,17,19)(H,18,21). The fraction of sp³-hybridized carbons (Fsp3) is 0.333. The molecule has 9 heteroatoms. The van der Waals surface area contributed by atoms with Crippen LogP contribution < -0.4 is 10.6 Å². The Morgan fingerprint density at radius 3 is 2.96 bits per heavy atom. The predicted octanol–water partition coefficient (Wildman–Crippen LogP) is 3.97. The topological polar surface area (TPSA) is 90.7 Å². The molecular weight excluding hydrogens is 362 g/mol. The van der Waals surface area contributed by atoms with Gasteiger partial charge in [0.05, 0.1) is 5.75 Å². The largest absolute Gasteiger partial charge is 0.360 e. The number of nitrogens with one attached hydrogen (secondary N) is 2. The van der Waals surface area contributed by atoms with E-state index in [0.717, 1.165) is 50.3 Å². The molecule has 0 saturated carbocycles. The molecule has 0 radical (unpaired) electrons. The number of nitrogens with zero attached hydrogens (tertiary/aromatic N) is 3. The molecule has 0 aliphatic heterocycles. The van der Waals surface area contributed by atoms with Crippen molar-refractivity contribution in [2.75, 3.05) is 22.9 Å². The molecular formula is C15H17N5OS3. The number of carbonyl (C=O) groups is 1. The van der Waals surface area contributed by atoms with Gasteiger partial charge < -0.3 is 10.6 Å². The fourth-order valence-electron chi connectivity index (χ4n) is 1.78. The Kier molecular flexibility index (Phi) is 7.36. The number of aromatic nitrogens is 2. The maximum Gasteiger partial charge on any atom is 0.234 e. The van der Waals surface area contributed by atoms with Gasteiger partial charge in [0, 0.05) is 17.1 Å². The SMILES string of the molecule is CCCNc1nnc(SCC(=O)Nc2ccc(SC#N)cc2C)s1. The summed E-state index contributed by atoms with van der Waals surface area (Å²) in [4.78, 5) is 12.9. The molecule has 0 aliphatic carbocycles. The van der Waals surface area contributed by atoms with Crippen LogP contribution >= 0.6 is 34.9 Å². The number of aryl methyl sites for hydroxylation is 1. The Balaban J connectivity index is 1.85. The molecule has 1 amide bonds. The minimum absolute atomic E-state index is 0.0953. The summed E-state index contributed by atoms with van der Waals surface area (Å²) in [5.41, 5.74) is 1.68. The highest BCUT2D eigenvalue weighted by molar-refractivity contribution is 8.03. The van der Waals surface area contributed by atoms with Crippen LogP contribution in [0.2, 0.25) is 0 Å². The van der Waals surface area contributed by atoms with E-state index in [2.05, 4.69) is 27.8 Å². The van der Waals surface area contributed by atoms with Gasteiger partial charge in [-0.05, 0) is 48.9 Å². The summed E-state index contributed by atoms with van der Waals surface area (Å²) in [5.74, 6) is 0.179. The number of thiocyanates is 1. The van der Waals surface area contributed by atoms with Gasteiger partial charge >= 0.3 is 0 Å².